The molecule has 0 bridgehead atoms. The van der Waals surface area contributed by atoms with Crippen molar-refractivity contribution in [3.63, 3.8) is 0 Å². The molecule has 4 N–H and O–H groups in total. The molecule has 0 unspecified atom stereocenters. The number of nitrogens with zero attached hydrogens (tertiary/aromatic N) is 2. The van der Waals surface area contributed by atoms with E-state index < -0.39 is 0 Å². The first-order valence-electron chi connectivity index (χ1n) is 2.33. The van der Waals surface area contributed by atoms with Crippen LogP contribution in [0.25, 0.3) is 0 Å². The zero-order chi connectivity index (χ0) is 6.57. The van der Waals surface area contributed by atoms with E-state index in [0.29, 0.717) is 12.4 Å². The number of hydrogen-bond donors (Lipinski definition) is 2. The average Bonchev–Trinajstić information content (AvgIpc) is 1.65. The van der Waals surface area contributed by atoms with Crippen molar-refractivity contribution in [2.75, 3.05) is 20.6 Å². The van der Waals surface area contributed by atoms with Crippen LogP contribution in [-0.4, -0.2) is 31.4 Å². The van der Waals surface area contributed by atoms with Gasteiger partial charge in [0.2, 0.25) is 0 Å². The van der Waals surface area contributed by atoms with Crippen molar-refractivity contribution in [2.24, 2.45) is 16.7 Å². The molecule has 0 amide bonds. The molecule has 0 aromatic heterocycles. The minimum atomic E-state index is 0.454. The fourth-order valence-electron chi connectivity index (χ4n) is 0.365. The molecule has 0 saturated heterocycles. The number of rotatable bonds is 2. The molecule has 0 spiro atoms. The quantitative estimate of drug-likeness (QED) is 0.206. The Kier molecular flexibility index (Phi) is 2.95. The highest BCUT2D eigenvalue weighted by atomic mass is 15.2. The van der Waals surface area contributed by atoms with Gasteiger partial charge in [-0.25, -0.2) is 0 Å². The van der Waals surface area contributed by atoms with E-state index in [1.165, 1.54) is 0 Å². The van der Waals surface area contributed by atoms with E-state index in [1.807, 2.05) is 19.0 Å². The second-order valence-electron chi connectivity index (χ2n) is 1.86. The van der Waals surface area contributed by atoms with Crippen molar-refractivity contribution in [1.82, 2.24) is 4.90 Å². The molecule has 8 heavy (non-hydrogen) atoms. The van der Waals surface area contributed by atoms with Gasteiger partial charge in [0.25, 0.3) is 0 Å². The van der Waals surface area contributed by atoms with E-state index in [4.69, 9.17) is 11.6 Å². The van der Waals surface area contributed by atoms with Crippen molar-refractivity contribution in [3.05, 3.63) is 0 Å². The van der Waals surface area contributed by atoms with Gasteiger partial charge in [0.1, 0.15) is 5.84 Å². The Morgan fingerprint density at radius 2 is 2.12 bits per heavy atom. The van der Waals surface area contributed by atoms with Gasteiger partial charge >= 0.3 is 0 Å². The third-order valence-electron chi connectivity index (χ3n) is 0.644. The number of hydrazone groups is 1. The minimum absolute atomic E-state index is 0.454. The molecule has 0 rings (SSSR count). The van der Waals surface area contributed by atoms with Crippen LogP contribution in [0.15, 0.2) is 5.10 Å². The smallest absolute Gasteiger partial charge is 0.133 e. The van der Waals surface area contributed by atoms with Gasteiger partial charge in [0.05, 0.1) is 6.54 Å². The Balaban J connectivity index is 3.39. The summed E-state index contributed by atoms with van der Waals surface area (Å²) in [5.74, 6) is 5.31. The molecule has 0 heterocycles. The van der Waals surface area contributed by atoms with Crippen molar-refractivity contribution in [3.8, 4) is 0 Å². The van der Waals surface area contributed by atoms with Gasteiger partial charge in [-0.1, -0.05) is 0 Å². The predicted octanol–water partition coefficient (Wildman–Crippen LogP) is -1.22. The lowest BCUT2D eigenvalue weighted by Crippen LogP contribution is -2.28. The van der Waals surface area contributed by atoms with Gasteiger partial charge in [-0.15, -0.1) is 0 Å². The van der Waals surface area contributed by atoms with Crippen LogP contribution in [-0.2, 0) is 0 Å². The van der Waals surface area contributed by atoms with Crippen molar-refractivity contribution >= 4 is 5.84 Å². The maximum absolute atomic E-state index is 5.26. The van der Waals surface area contributed by atoms with Gasteiger partial charge < -0.3 is 16.5 Å². The molecule has 0 aliphatic heterocycles. The summed E-state index contributed by atoms with van der Waals surface area (Å²) in [5.41, 5.74) is 5.26. The fourth-order valence-corrected chi connectivity index (χ4v) is 0.365. The molecular weight excluding hydrogens is 104 g/mol. The molecule has 4 heteroatoms. The SMILES string of the molecule is CN(C)CC(N)=NN. The zero-order valence-electron chi connectivity index (χ0n) is 5.26. The van der Waals surface area contributed by atoms with Crippen LogP contribution < -0.4 is 11.6 Å². The number of likely N-dealkylation sites (N-methyl/N-ethyl adjacent to an activating group) is 1. The monoisotopic (exact) mass is 116 g/mol. The van der Waals surface area contributed by atoms with Gasteiger partial charge in [-0.3, -0.25) is 0 Å². The molecular formula is C4H12N4. The largest absolute Gasteiger partial charge is 0.385 e. The lowest BCUT2D eigenvalue weighted by molar-refractivity contribution is 0.468. The van der Waals surface area contributed by atoms with Crippen LogP contribution in [0.1, 0.15) is 0 Å². The van der Waals surface area contributed by atoms with Crippen LogP contribution in [0.3, 0.4) is 0 Å². The molecule has 0 radical (unpaired) electrons. The summed E-state index contributed by atoms with van der Waals surface area (Å²) in [7, 11) is 3.80. The van der Waals surface area contributed by atoms with E-state index in [2.05, 4.69) is 5.10 Å². The first kappa shape index (κ1) is 7.23. The Labute approximate surface area is 49.1 Å². The van der Waals surface area contributed by atoms with Crippen molar-refractivity contribution < 1.29 is 0 Å². The number of hydrogen-bond acceptors (Lipinski definition) is 3. The van der Waals surface area contributed by atoms with Crippen LogP contribution in [0.5, 0.6) is 0 Å². The Morgan fingerprint density at radius 1 is 1.62 bits per heavy atom. The first-order valence-corrected chi connectivity index (χ1v) is 2.33. The molecule has 48 valence electrons. The summed E-state index contributed by atoms with van der Waals surface area (Å²) in [4.78, 5) is 1.89. The van der Waals surface area contributed by atoms with E-state index in [1.54, 1.807) is 0 Å². The minimum Gasteiger partial charge on any atom is -0.385 e. The van der Waals surface area contributed by atoms with Crippen molar-refractivity contribution in [1.29, 1.82) is 0 Å². The highest BCUT2D eigenvalue weighted by Crippen LogP contribution is 1.70. The first-order chi connectivity index (χ1) is 3.66. The fraction of sp³-hybridized carbons (Fsp3) is 0.750. The summed E-state index contributed by atoms with van der Waals surface area (Å²) in [6.45, 7) is 0.622. The maximum Gasteiger partial charge on any atom is 0.133 e. The lowest BCUT2D eigenvalue weighted by atomic mass is 10.5. The lowest BCUT2D eigenvalue weighted by Gasteiger charge is -2.06. The van der Waals surface area contributed by atoms with E-state index >= 15 is 0 Å². The van der Waals surface area contributed by atoms with E-state index in [9.17, 15) is 0 Å². The Bertz CT molecular complexity index is 86.0. The zero-order valence-corrected chi connectivity index (χ0v) is 5.26. The van der Waals surface area contributed by atoms with E-state index in [0.717, 1.165) is 0 Å². The second kappa shape index (κ2) is 3.26. The number of nitrogens with two attached hydrogens (primary N) is 2. The molecule has 0 fully saturated rings. The van der Waals surface area contributed by atoms with Crippen LogP contribution >= 0.6 is 0 Å². The summed E-state index contributed by atoms with van der Waals surface area (Å²) >= 11 is 0. The predicted molar refractivity (Wildman–Crippen MR) is 34.4 cm³/mol. The summed E-state index contributed by atoms with van der Waals surface area (Å²) in [6, 6.07) is 0. The summed E-state index contributed by atoms with van der Waals surface area (Å²) < 4.78 is 0. The van der Waals surface area contributed by atoms with Crippen molar-refractivity contribution in [2.45, 2.75) is 0 Å². The molecule has 0 saturated carbocycles. The normalized spacial score (nSPS) is 12.6. The molecule has 0 atom stereocenters. The van der Waals surface area contributed by atoms with E-state index in [-0.39, 0.29) is 0 Å². The highest BCUT2D eigenvalue weighted by Gasteiger charge is 1.90. The highest BCUT2D eigenvalue weighted by molar-refractivity contribution is 5.81. The second-order valence-corrected chi connectivity index (χ2v) is 1.86. The number of amidine groups is 1. The van der Waals surface area contributed by atoms with Gasteiger partial charge in [-0.2, -0.15) is 5.10 Å². The average molecular weight is 116 g/mol. The maximum atomic E-state index is 5.26. The molecule has 0 aliphatic rings. The van der Waals surface area contributed by atoms with Gasteiger partial charge in [0.15, 0.2) is 0 Å². The van der Waals surface area contributed by atoms with Crippen LogP contribution in [0.2, 0.25) is 0 Å². The third-order valence-corrected chi connectivity index (χ3v) is 0.644. The third kappa shape index (κ3) is 3.42. The molecule has 0 aromatic rings. The summed E-state index contributed by atoms with van der Waals surface area (Å²) in [5, 5.41) is 3.28. The standard InChI is InChI=1S/C4H12N4/c1-8(2)3-4(5)7-6/h3,6H2,1-2H3,(H2,5,7). The van der Waals surface area contributed by atoms with Gasteiger partial charge in [0, 0.05) is 0 Å². The molecule has 0 aliphatic carbocycles. The summed E-state index contributed by atoms with van der Waals surface area (Å²) in [6.07, 6.45) is 0. The van der Waals surface area contributed by atoms with Crippen LogP contribution in [0.4, 0.5) is 0 Å². The Hall–Kier alpha value is -0.770. The molecule has 0 aromatic carbocycles. The molecule has 4 nitrogen and oxygen atoms in total. The Morgan fingerprint density at radius 3 is 2.25 bits per heavy atom. The van der Waals surface area contributed by atoms with Crippen LogP contribution in [0, 0.1) is 0 Å². The van der Waals surface area contributed by atoms with Gasteiger partial charge in [-0.05, 0) is 14.1 Å². The topological polar surface area (TPSA) is 67.6 Å².